The van der Waals surface area contributed by atoms with Gasteiger partial charge in [0.1, 0.15) is 12.9 Å². The molecule has 34 heavy (non-hydrogen) atoms. The summed E-state index contributed by atoms with van der Waals surface area (Å²) in [5, 5.41) is 3.03. The van der Waals surface area contributed by atoms with Gasteiger partial charge in [0.05, 0.1) is 5.69 Å². The van der Waals surface area contributed by atoms with Gasteiger partial charge in [0.15, 0.2) is 11.8 Å². The van der Waals surface area contributed by atoms with Crippen LogP contribution in [0.4, 0.5) is 10.5 Å². The molecule has 3 heterocycles. The molecule has 0 radical (unpaired) electrons. The zero-order valence-electron chi connectivity index (χ0n) is 19.2. The molecular formula is C26H29N3O5. The molecular weight excluding hydrogens is 434 g/mol. The molecule has 3 aliphatic rings. The van der Waals surface area contributed by atoms with E-state index in [0.29, 0.717) is 32.0 Å². The number of nitrogens with zero attached hydrogens (tertiary/aromatic N) is 2. The largest absolute Gasteiger partial charge is 0.462 e. The highest BCUT2D eigenvalue weighted by molar-refractivity contribution is 5.92. The molecule has 8 nitrogen and oxygen atoms in total. The highest BCUT2D eigenvalue weighted by atomic mass is 16.7. The summed E-state index contributed by atoms with van der Waals surface area (Å²) in [6.07, 6.45) is 2.67. The fourth-order valence-corrected chi connectivity index (χ4v) is 4.97. The van der Waals surface area contributed by atoms with Gasteiger partial charge in [-0.2, -0.15) is 0 Å². The van der Waals surface area contributed by atoms with Crippen molar-refractivity contribution in [2.75, 3.05) is 24.8 Å². The van der Waals surface area contributed by atoms with Gasteiger partial charge in [-0.1, -0.05) is 48.5 Å². The zero-order valence-corrected chi connectivity index (χ0v) is 19.2. The van der Waals surface area contributed by atoms with E-state index in [-0.39, 0.29) is 24.8 Å². The number of rotatable bonds is 6. The molecule has 1 fully saturated rings. The molecule has 2 amide bonds. The molecule has 0 aromatic heterocycles. The Hall–Kier alpha value is -3.52. The fraction of sp³-hybridized carbons (Fsp3) is 0.385. The normalized spacial score (nSPS) is 19.4. The number of carbonyl (C=O) groups is 2. The highest BCUT2D eigenvalue weighted by Gasteiger charge is 2.39. The van der Waals surface area contributed by atoms with Crippen LogP contribution in [0, 0.1) is 6.92 Å². The van der Waals surface area contributed by atoms with E-state index in [9.17, 15) is 9.59 Å². The predicted molar refractivity (Wildman–Crippen MR) is 126 cm³/mol. The first-order chi connectivity index (χ1) is 16.6. The van der Waals surface area contributed by atoms with E-state index in [0.717, 1.165) is 35.2 Å². The SMILES string of the molecule is Cc1cccc2c1N(C1CCN(C(C(=O)NCc3ccccc3)C3=COCO3)CC1)C(=O)OC2. The minimum Gasteiger partial charge on any atom is -0.462 e. The Labute approximate surface area is 199 Å². The second kappa shape index (κ2) is 9.77. The van der Waals surface area contributed by atoms with Crippen molar-refractivity contribution < 1.29 is 23.8 Å². The van der Waals surface area contributed by atoms with Crippen molar-refractivity contribution in [1.29, 1.82) is 0 Å². The Kier molecular flexibility index (Phi) is 6.40. The van der Waals surface area contributed by atoms with E-state index in [1.165, 1.54) is 6.26 Å². The Morgan fingerprint density at radius 3 is 2.62 bits per heavy atom. The van der Waals surface area contributed by atoms with Crippen LogP contribution < -0.4 is 10.2 Å². The number of fused-ring (bicyclic) bond motifs is 1. The number of likely N-dealkylation sites (tertiary alicyclic amines) is 1. The van der Waals surface area contributed by atoms with Crippen LogP contribution in [0.25, 0.3) is 0 Å². The number of amides is 2. The van der Waals surface area contributed by atoms with Crippen LogP contribution in [0.3, 0.4) is 0 Å². The predicted octanol–water partition coefficient (Wildman–Crippen LogP) is 3.45. The van der Waals surface area contributed by atoms with E-state index in [2.05, 4.69) is 10.2 Å². The van der Waals surface area contributed by atoms with E-state index < -0.39 is 6.04 Å². The number of nitrogens with one attached hydrogen (secondary N) is 1. The first-order valence-electron chi connectivity index (χ1n) is 11.7. The van der Waals surface area contributed by atoms with Gasteiger partial charge in [0.25, 0.3) is 0 Å². The number of anilines is 1. The van der Waals surface area contributed by atoms with Crippen LogP contribution in [0.1, 0.15) is 29.5 Å². The molecule has 1 saturated heterocycles. The number of piperidine rings is 1. The van der Waals surface area contributed by atoms with Crippen molar-refractivity contribution in [1.82, 2.24) is 10.2 Å². The molecule has 3 aliphatic heterocycles. The number of hydrogen-bond acceptors (Lipinski definition) is 6. The zero-order chi connectivity index (χ0) is 23.5. The Morgan fingerprint density at radius 1 is 1.09 bits per heavy atom. The summed E-state index contributed by atoms with van der Waals surface area (Å²) in [5.74, 6) is 0.389. The smallest absolute Gasteiger partial charge is 0.414 e. The van der Waals surface area contributed by atoms with Crippen LogP contribution in [0.2, 0.25) is 0 Å². The lowest BCUT2D eigenvalue weighted by Gasteiger charge is -2.42. The average molecular weight is 464 g/mol. The lowest BCUT2D eigenvalue weighted by Crippen LogP contribution is -2.55. The standard InChI is InChI=1S/C26H29N3O5/c1-18-6-5-9-20-15-33-26(31)29(23(18)20)21-10-12-28(13-11-21)24(22-16-32-17-34-22)25(30)27-14-19-7-3-2-4-8-19/h2-9,16,21,24H,10-15,17H2,1H3,(H,27,30). The quantitative estimate of drug-likeness (QED) is 0.707. The van der Waals surface area contributed by atoms with Crippen LogP contribution in [-0.2, 0) is 32.2 Å². The third-order valence-electron chi connectivity index (χ3n) is 6.66. The summed E-state index contributed by atoms with van der Waals surface area (Å²) in [6, 6.07) is 15.3. The van der Waals surface area contributed by atoms with Crippen molar-refractivity contribution in [3.63, 3.8) is 0 Å². The molecule has 1 unspecified atom stereocenters. The maximum absolute atomic E-state index is 13.2. The van der Waals surface area contributed by atoms with E-state index >= 15 is 0 Å². The van der Waals surface area contributed by atoms with Crippen LogP contribution in [0.5, 0.6) is 0 Å². The molecule has 0 aliphatic carbocycles. The molecule has 0 spiro atoms. The molecule has 8 heteroatoms. The molecule has 178 valence electrons. The Balaban J connectivity index is 1.29. The van der Waals surface area contributed by atoms with Gasteiger partial charge in [0, 0.05) is 31.2 Å². The molecule has 2 aromatic carbocycles. The number of aryl methyl sites for hydroxylation is 1. The Bertz CT molecular complexity index is 1080. The number of hydrogen-bond donors (Lipinski definition) is 1. The monoisotopic (exact) mass is 463 g/mol. The molecule has 1 N–H and O–H groups in total. The van der Waals surface area contributed by atoms with Crippen molar-refractivity contribution in [3.05, 3.63) is 77.2 Å². The van der Waals surface area contributed by atoms with Crippen molar-refractivity contribution in [2.24, 2.45) is 0 Å². The first kappa shape index (κ1) is 22.3. The molecule has 0 bridgehead atoms. The molecule has 0 saturated carbocycles. The molecule has 2 aromatic rings. The number of ether oxygens (including phenoxy) is 3. The number of carbonyl (C=O) groups excluding carboxylic acids is 2. The van der Waals surface area contributed by atoms with Gasteiger partial charge < -0.3 is 19.5 Å². The third-order valence-corrected chi connectivity index (χ3v) is 6.66. The van der Waals surface area contributed by atoms with E-state index in [4.69, 9.17) is 14.2 Å². The summed E-state index contributed by atoms with van der Waals surface area (Å²) in [7, 11) is 0. The van der Waals surface area contributed by atoms with E-state index in [1.807, 2.05) is 60.4 Å². The minimum atomic E-state index is -0.575. The molecule has 1 atom stereocenters. The highest BCUT2D eigenvalue weighted by Crippen LogP contribution is 2.35. The van der Waals surface area contributed by atoms with Crippen LogP contribution in [-0.4, -0.2) is 48.9 Å². The van der Waals surface area contributed by atoms with Crippen LogP contribution in [0.15, 0.2) is 60.6 Å². The van der Waals surface area contributed by atoms with Gasteiger partial charge in [0.2, 0.25) is 12.7 Å². The number of benzene rings is 2. The maximum Gasteiger partial charge on any atom is 0.414 e. The third kappa shape index (κ3) is 4.46. The summed E-state index contributed by atoms with van der Waals surface area (Å²) in [6.45, 7) is 4.16. The summed E-state index contributed by atoms with van der Waals surface area (Å²) < 4.78 is 16.3. The van der Waals surface area contributed by atoms with E-state index in [1.54, 1.807) is 0 Å². The lowest BCUT2D eigenvalue weighted by atomic mass is 9.97. The lowest BCUT2D eigenvalue weighted by molar-refractivity contribution is -0.127. The minimum absolute atomic E-state index is 0.00616. The maximum atomic E-state index is 13.2. The summed E-state index contributed by atoms with van der Waals surface area (Å²) in [5.41, 5.74) is 4.09. The molecule has 5 rings (SSSR count). The average Bonchev–Trinajstić information content (AvgIpc) is 3.39. The summed E-state index contributed by atoms with van der Waals surface area (Å²) in [4.78, 5) is 29.9. The van der Waals surface area contributed by atoms with Crippen molar-refractivity contribution in [3.8, 4) is 0 Å². The van der Waals surface area contributed by atoms with Gasteiger partial charge in [-0.25, -0.2) is 4.79 Å². The first-order valence-corrected chi connectivity index (χ1v) is 11.7. The van der Waals surface area contributed by atoms with Gasteiger partial charge in [-0.15, -0.1) is 0 Å². The summed E-state index contributed by atoms with van der Waals surface area (Å²) >= 11 is 0. The number of para-hydroxylation sites is 1. The second-order valence-corrected chi connectivity index (χ2v) is 8.83. The number of cyclic esters (lactones) is 1. The topological polar surface area (TPSA) is 80.3 Å². The van der Waals surface area contributed by atoms with Crippen molar-refractivity contribution >= 4 is 17.7 Å². The Morgan fingerprint density at radius 2 is 1.88 bits per heavy atom. The van der Waals surface area contributed by atoms with Gasteiger partial charge in [-0.3, -0.25) is 14.6 Å². The van der Waals surface area contributed by atoms with Gasteiger partial charge in [-0.05, 0) is 30.9 Å². The van der Waals surface area contributed by atoms with Crippen LogP contribution >= 0.6 is 0 Å². The van der Waals surface area contributed by atoms with Crippen molar-refractivity contribution in [2.45, 2.75) is 45.0 Å². The van der Waals surface area contributed by atoms with Gasteiger partial charge >= 0.3 is 6.09 Å². The fourth-order valence-electron chi connectivity index (χ4n) is 4.97. The second-order valence-electron chi connectivity index (χ2n) is 8.83.